The number of morpholine rings is 1. The van der Waals surface area contributed by atoms with Crippen LogP contribution in [0, 0.1) is 0 Å². The molecule has 0 aliphatic carbocycles. The van der Waals surface area contributed by atoms with Crippen LogP contribution in [0.5, 0.6) is 5.75 Å². The lowest BCUT2D eigenvalue weighted by molar-refractivity contribution is -0.123. The topological polar surface area (TPSA) is 88.7 Å². The number of hydrogen-bond donors (Lipinski definition) is 3. The number of carbonyl (C=O) groups excluding carboxylic acids is 2. The van der Waals surface area contributed by atoms with Gasteiger partial charge in [0.2, 0.25) is 5.91 Å². The van der Waals surface area contributed by atoms with Crippen LogP contribution in [0.3, 0.4) is 0 Å². The van der Waals surface area contributed by atoms with Gasteiger partial charge in [-0.25, -0.2) is 0 Å². The van der Waals surface area contributed by atoms with Crippen molar-refractivity contribution >= 4 is 23.2 Å². The Morgan fingerprint density at radius 3 is 2.36 bits per heavy atom. The highest BCUT2D eigenvalue weighted by Crippen LogP contribution is 2.17. The molecule has 28 heavy (non-hydrogen) atoms. The molecule has 2 atom stereocenters. The molecule has 0 bridgehead atoms. The van der Waals surface area contributed by atoms with Gasteiger partial charge in [0.05, 0.1) is 19.3 Å². The Morgan fingerprint density at radius 2 is 1.71 bits per heavy atom. The highest BCUT2D eigenvalue weighted by atomic mass is 16.5. The fourth-order valence-electron chi connectivity index (χ4n) is 2.96. The average Bonchev–Trinajstić information content (AvgIpc) is 2.70. The molecule has 0 unspecified atom stereocenters. The number of anilines is 2. The normalized spacial score (nSPS) is 18.9. The Hall–Kier alpha value is -2.90. The molecule has 2 aromatic rings. The van der Waals surface area contributed by atoms with Gasteiger partial charge in [0.15, 0.2) is 0 Å². The van der Waals surface area contributed by atoms with Gasteiger partial charge in [-0.3, -0.25) is 9.59 Å². The van der Waals surface area contributed by atoms with Crippen LogP contribution < -0.4 is 20.7 Å². The number of carbonyl (C=O) groups is 2. The van der Waals surface area contributed by atoms with E-state index in [4.69, 9.17) is 9.47 Å². The quantitative estimate of drug-likeness (QED) is 0.714. The van der Waals surface area contributed by atoms with E-state index in [1.54, 1.807) is 36.4 Å². The minimum Gasteiger partial charge on any atom is -0.494 e. The molecule has 3 N–H and O–H groups in total. The van der Waals surface area contributed by atoms with Crippen LogP contribution in [0.25, 0.3) is 0 Å². The number of nitrogens with one attached hydrogen (secondary N) is 3. The van der Waals surface area contributed by atoms with Gasteiger partial charge < -0.3 is 25.4 Å². The van der Waals surface area contributed by atoms with Crippen molar-refractivity contribution in [1.29, 1.82) is 0 Å². The standard InChI is InChI=1S/C21H25N3O4/c1-3-27-18-10-8-17(9-11-18)23-20(25)15-4-6-16(7-5-15)24-21(26)19-14(2)28-13-12-22-19/h4-11,14,19,22H,3,12-13H2,1-2H3,(H,23,25)(H,24,26)/t14-,19+/m1/s1. The van der Waals surface area contributed by atoms with E-state index in [2.05, 4.69) is 16.0 Å². The van der Waals surface area contributed by atoms with Gasteiger partial charge in [-0.15, -0.1) is 0 Å². The van der Waals surface area contributed by atoms with E-state index in [0.29, 0.717) is 36.7 Å². The summed E-state index contributed by atoms with van der Waals surface area (Å²) in [5, 5.41) is 8.83. The number of hydrogen-bond acceptors (Lipinski definition) is 5. The molecule has 7 heteroatoms. The van der Waals surface area contributed by atoms with Gasteiger partial charge >= 0.3 is 0 Å². The minimum atomic E-state index is -0.392. The molecule has 2 aromatic carbocycles. The van der Waals surface area contributed by atoms with Crippen LogP contribution in [-0.2, 0) is 9.53 Å². The third-order valence-electron chi connectivity index (χ3n) is 4.44. The van der Waals surface area contributed by atoms with Crippen molar-refractivity contribution in [3.8, 4) is 5.75 Å². The van der Waals surface area contributed by atoms with Crippen molar-refractivity contribution in [3.63, 3.8) is 0 Å². The van der Waals surface area contributed by atoms with Crippen molar-refractivity contribution < 1.29 is 19.1 Å². The summed E-state index contributed by atoms with van der Waals surface area (Å²) in [7, 11) is 0. The van der Waals surface area contributed by atoms with E-state index < -0.39 is 6.04 Å². The van der Waals surface area contributed by atoms with Gasteiger partial charge in [-0.05, 0) is 62.4 Å². The molecular formula is C21H25N3O4. The van der Waals surface area contributed by atoms with E-state index >= 15 is 0 Å². The second-order valence-electron chi connectivity index (χ2n) is 6.49. The van der Waals surface area contributed by atoms with Gasteiger partial charge in [0.1, 0.15) is 11.8 Å². The summed E-state index contributed by atoms with van der Waals surface area (Å²) in [5.74, 6) is 0.379. The van der Waals surface area contributed by atoms with Gasteiger partial charge in [0, 0.05) is 23.5 Å². The first-order valence-electron chi connectivity index (χ1n) is 9.37. The summed E-state index contributed by atoms with van der Waals surface area (Å²) in [5.41, 5.74) is 1.81. The Morgan fingerprint density at radius 1 is 1.07 bits per heavy atom. The van der Waals surface area contributed by atoms with Crippen molar-refractivity contribution in [1.82, 2.24) is 5.32 Å². The highest BCUT2D eigenvalue weighted by molar-refractivity contribution is 6.04. The number of amides is 2. The molecule has 0 aromatic heterocycles. The van der Waals surface area contributed by atoms with Crippen molar-refractivity contribution in [2.45, 2.75) is 26.0 Å². The highest BCUT2D eigenvalue weighted by Gasteiger charge is 2.28. The lowest BCUT2D eigenvalue weighted by Gasteiger charge is -2.29. The summed E-state index contributed by atoms with van der Waals surface area (Å²) >= 11 is 0. The van der Waals surface area contributed by atoms with Crippen LogP contribution in [0.4, 0.5) is 11.4 Å². The summed E-state index contributed by atoms with van der Waals surface area (Å²) in [6, 6.07) is 13.6. The molecule has 1 aliphatic rings. The third-order valence-corrected chi connectivity index (χ3v) is 4.44. The smallest absolute Gasteiger partial charge is 0.255 e. The maximum absolute atomic E-state index is 12.4. The van der Waals surface area contributed by atoms with E-state index in [1.165, 1.54) is 0 Å². The van der Waals surface area contributed by atoms with Crippen molar-refractivity contribution in [2.75, 3.05) is 30.4 Å². The monoisotopic (exact) mass is 383 g/mol. The number of ether oxygens (including phenoxy) is 2. The zero-order valence-corrected chi connectivity index (χ0v) is 16.0. The molecular weight excluding hydrogens is 358 g/mol. The molecule has 0 radical (unpaired) electrons. The first kappa shape index (κ1) is 19.9. The van der Waals surface area contributed by atoms with Crippen molar-refractivity contribution in [2.24, 2.45) is 0 Å². The molecule has 1 saturated heterocycles. The second-order valence-corrected chi connectivity index (χ2v) is 6.49. The van der Waals surface area contributed by atoms with Crippen LogP contribution in [0.15, 0.2) is 48.5 Å². The van der Waals surface area contributed by atoms with E-state index in [0.717, 1.165) is 5.75 Å². The molecule has 1 fully saturated rings. The predicted octanol–water partition coefficient (Wildman–Crippen LogP) is 2.65. The van der Waals surface area contributed by atoms with Gasteiger partial charge in [-0.2, -0.15) is 0 Å². The SMILES string of the molecule is CCOc1ccc(NC(=O)c2ccc(NC(=O)[C@H]3NCCO[C@@H]3C)cc2)cc1. The molecule has 7 nitrogen and oxygen atoms in total. The van der Waals surface area contributed by atoms with Crippen LogP contribution in [-0.4, -0.2) is 43.7 Å². The molecule has 0 saturated carbocycles. The van der Waals surface area contributed by atoms with Crippen molar-refractivity contribution in [3.05, 3.63) is 54.1 Å². The zero-order valence-electron chi connectivity index (χ0n) is 16.0. The maximum atomic E-state index is 12.4. The average molecular weight is 383 g/mol. The Kier molecular flexibility index (Phi) is 6.62. The number of rotatable bonds is 6. The van der Waals surface area contributed by atoms with Crippen LogP contribution >= 0.6 is 0 Å². The van der Waals surface area contributed by atoms with Crippen LogP contribution in [0.2, 0.25) is 0 Å². The van der Waals surface area contributed by atoms with E-state index in [1.807, 2.05) is 26.0 Å². The fraction of sp³-hybridized carbons (Fsp3) is 0.333. The lowest BCUT2D eigenvalue weighted by Crippen LogP contribution is -2.53. The first-order chi connectivity index (χ1) is 13.6. The molecule has 0 spiro atoms. The third kappa shape index (κ3) is 5.09. The molecule has 148 valence electrons. The van der Waals surface area contributed by atoms with Crippen LogP contribution in [0.1, 0.15) is 24.2 Å². The summed E-state index contributed by atoms with van der Waals surface area (Å²) in [6.45, 7) is 5.63. The summed E-state index contributed by atoms with van der Waals surface area (Å²) in [6.07, 6.45) is -0.187. The molecule has 1 heterocycles. The summed E-state index contributed by atoms with van der Waals surface area (Å²) in [4.78, 5) is 24.8. The minimum absolute atomic E-state index is 0.154. The summed E-state index contributed by atoms with van der Waals surface area (Å²) < 4.78 is 10.9. The largest absolute Gasteiger partial charge is 0.494 e. The van der Waals surface area contributed by atoms with E-state index in [9.17, 15) is 9.59 Å². The Labute approximate surface area is 164 Å². The number of benzene rings is 2. The van der Waals surface area contributed by atoms with Gasteiger partial charge in [-0.1, -0.05) is 0 Å². The lowest BCUT2D eigenvalue weighted by atomic mass is 10.1. The van der Waals surface area contributed by atoms with E-state index in [-0.39, 0.29) is 17.9 Å². The molecule has 3 rings (SSSR count). The molecule has 2 amide bonds. The Balaban J connectivity index is 1.57. The molecule has 1 aliphatic heterocycles. The predicted molar refractivity (Wildman–Crippen MR) is 108 cm³/mol. The second kappa shape index (κ2) is 9.34. The first-order valence-corrected chi connectivity index (χ1v) is 9.37. The Bertz CT molecular complexity index is 805. The zero-order chi connectivity index (χ0) is 19.9. The fourth-order valence-corrected chi connectivity index (χ4v) is 2.96. The van der Waals surface area contributed by atoms with Gasteiger partial charge in [0.25, 0.3) is 5.91 Å². The maximum Gasteiger partial charge on any atom is 0.255 e.